The average Bonchev–Trinajstić information content (AvgIpc) is 2.52. The lowest BCUT2D eigenvalue weighted by atomic mass is 10.1. The minimum absolute atomic E-state index is 0.234. The molecule has 2 rings (SSSR count). The predicted molar refractivity (Wildman–Crippen MR) is 86.4 cm³/mol. The second kappa shape index (κ2) is 6.97. The Bertz CT molecular complexity index is 793. The second-order valence-electron chi connectivity index (χ2n) is 4.81. The van der Waals surface area contributed by atoms with Gasteiger partial charge >= 0.3 is 0 Å². The predicted octanol–water partition coefficient (Wildman–Crippen LogP) is 2.79. The maximum Gasteiger partial charge on any atom is 0.175 e. The number of aliphatic hydroxyl groups is 1. The molecule has 1 atom stereocenters. The van der Waals surface area contributed by atoms with E-state index in [1.807, 2.05) is 6.07 Å². The van der Waals surface area contributed by atoms with Crippen molar-refractivity contribution in [1.82, 2.24) is 0 Å². The van der Waals surface area contributed by atoms with Gasteiger partial charge in [0.15, 0.2) is 9.84 Å². The molecule has 0 fully saturated rings. The van der Waals surface area contributed by atoms with Crippen LogP contribution in [0.25, 0.3) is 0 Å². The first-order chi connectivity index (χ1) is 10.4. The quantitative estimate of drug-likeness (QED) is 0.851. The molecule has 0 spiro atoms. The normalized spacial score (nSPS) is 12.6. The minimum atomic E-state index is -3.23. The molecule has 0 radical (unpaired) electrons. The van der Waals surface area contributed by atoms with Crippen LogP contribution in [0.1, 0.15) is 17.2 Å². The maximum absolute atomic E-state index is 11.4. The van der Waals surface area contributed by atoms with E-state index in [-0.39, 0.29) is 4.90 Å². The fourth-order valence-corrected chi connectivity index (χ4v) is 3.42. The molecule has 0 saturated carbocycles. The highest BCUT2D eigenvalue weighted by Crippen LogP contribution is 2.26. The highest BCUT2D eigenvalue weighted by atomic mass is 32.2. The summed E-state index contributed by atoms with van der Waals surface area (Å²) in [6, 6.07) is 15.5. The summed E-state index contributed by atoms with van der Waals surface area (Å²) in [6.45, 7) is 0. The fraction of sp³-hybridized carbons (Fsp3) is 0.188. The van der Waals surface area contributed by atoms with E-state index < -0.39 is 15.9 Å². The van der Waals surface area contributed by atoms with Crippen molar-refractivity contribution in [3.05, 3.63) is 59.7 Å². The van der Waals surface area contributed by atoms with Crippen molar-refractivity contribution in [3.63, 3.8) is 0 Å². The lowest BCUT2D eigenvalue weighted by molar-refractivity contribution is 0.204. The van der Waals surface area contributed by atoms with Crippen LogP contribution in [-0.2, 0) is 9.84 Å². The average molecular weight is 333 g/mol. The zero-order chi connectivity index (χ0) is 16.2. The Morgan fingerprint density at radius 1 is 1.23 bits per heavy atom. The number of benzene rings is 2. The molecule has 2 aromatic rings. The number of aliphatic hydroxyl groups excluding tert-OH is 1. The summed E-state index contributed by atoms with van der Waals surface area (Å²) in [4.78, 5) is 1.14. The zero-order valence-corrected chi connectivity index (χ0v) is 13.6. The van der Waals surface area contributed by atoms with E-state index in [1.54, 1.807) is 30.3 Å². The topological polar surface area (TPSA) is 78.2 Å². The monoisotopic (exact) mass is 333 g/mol. The molecule has 1 N–H and O–H groups in total. The van der Waals surface area contributed by atoms with Gasteiger partial charge in [-0.3, -0.25) is 0 Å². The van der Waals surface area contributed by atoms with Crippen LogP contribution in [0, 0.1) is 11.3 Å². The van der Waals surface area contributed by atoms with Crippen LogP contribution in [0.5, 0.6) is 0 Å². The number of rotatable bonds is 5. The molecule has 0 aromatic heterocycles. The number of nitrogens with zero attached hydrogens (tertiary/aromatic N) is 1. The highest BCUT2D eigenvalue weighted by molar-refractivity contribution is 7.99. The summed E-state index contributed by atoms with van der Waals surface area (Å²) in [5, 5.41) is 19.0. The summed E-state index contributed by atoms with van der Waals surface area (Å²) in [6.07, 6.45) is 0.445. The molecule has 0 saturated heterocycles. The van der Waals surface area contributed by atoms with E-state index in [4.69, 9.17) is 5.26 Å². The van der Waals surface area contributed by atoms with E-state index in [0.29, 0.717) is 16.9 Å². The molecule has 6 heteroatoms. The van der Waals surface area contributed by atoms with Gasteiger partial charge in [0.1, 0.15) is 0 Å². The van der Waals surface area contributed by atoms with Crippen molar-refractivity contribution >= 4 is 21.6 Å². The van der Waals surface area contributed by atoms with Gasteiger partial charge in [-0.15, -0.1) is 11.8 Å². The number of hydrogen-bond acceptors (Lipinski definition) is 5. The summed E-state index contributed by atoms with van der Waals surface area (Å²) in [5.41, 5.74) is 1.24. The Balaban J connectivity index is 2.03. The number of thioether (sulfide) groups is 1. The Labute approximate surface area is 134 Å². The van der Waals surface area contributed by atoms with Gasteiger partial charge in [0, 0.05) is 16.9 Å². The molecule has 0 heterocycles. The molecular formula is C16H15NO3S2. The zero-order valence-electron chi connectivity index (χ0n) is 11.9. The molecule has 114 valence electrons. The first kappa shape index (κ1) is 16.6. The van der Waals surface area contributed by atoms with E-state index in [0.717, 1.165) is 11.2 Å². The Hall–Kier alpha value is -1.81. The summed E-state index contributed by atoms with van der Waals surface area (Å²) in [7, 11) is -3.23. The molecular weight excluding hydrogens is 318 g/mol. The summed E-state index contributed by atoms with van der Waals surface area (Å²) < 4.78 is 22.8. The van der Waals surface area contributed by atoms with E-state index >= 15 is 0 Å². The summed E-state index contributed by atoms with van der Waals surface area (Å²) in [5.74, 6) is 0.424. The van der Waals surface area contributed by atoms with E-state index in [9.17, 15) is 13.5 Å². The SMILES string of the molecule is CS(=O)(=O)c1ccc(C(O)CSc2cccc(C#N)c2)cc1. The van der Waals surface area contributed by atoms with Crippen LogP contribution >= 0.6 is 11.8 Å². The first-order valence-corrected chi connectivity index (χ1v) is 9.39. The standard InChI is InChI=1S/C16H15NO3S2/c1-22(19,20)15-7-5-13(6-8-15)16(18)11-21-14-4-2-3-12(9-14)10-17/h2-9,16,18H,11H2,1H3. The molecule has 0 bridgehead atoms. The second-order valence-corrected chi connectivity index (χ2v) is 7.92. The van der Waals surface area contributed by atoms with Crippen LogP contribution in [0.3, 0.4) is 0 Å². The van der Waals surface area contributed by atoms with Crippen molar-refractivity contribution in [3.8, 4) is 6.07 Å². The number of nitriles is 1. The first-order valence-electron chi connectivity index (χ1n) is 6.51. The van der Waals surface area contributed by atoms with Crippen LogP contribution in [0.4, 0.5) is 0 Å². The molecule has 22 heavy (non-hydrogen) atoms. The Morgan fingerprint density at radius 3 is 2.50 bits per heavy atom. The van der Waals surface area contributed by atoms with Crippen molar-refractivity contribution in [2.75, 3.05) is 12.0 Å². The molecule has 0 aliphatic carbocycles. The molecule has 0 aliphatic rings. The van der Waals surface area contributed by atoms with Crippen molar-refractivity contribution in [2.45, 2.75) is 15.9 Å². The van der Waals surface area contributed by atoms with Gasteiger partial charge in [-0.1, -0.05) is 18.2 Å². The van der Waals surface area contributed by atoms with Crippen molar-refractivity contribution in [1.29, 1.82) is 5.26 Å². The van der Waals surface area contributed by atoms with Gasteiger partial charge in [-0.25, -0.2) is 8.42 Å². The third kappa shape index (κ3) is 4.34. The van der Waals surface area contributed by atoms with Crippen LogP contribution in [0.15, 0.2) is 58.3 Å². The van der Waals surface area contributed by atoms with Crippen LogP contribution in [0.2, 0.25) is 0 Å². The van der Waals surface area contributed by atoms with Gasteiger partial charge in [-0.2, -0.15) is 5.26 Å². The minimum Gasteiger partial charge on any atom is -0.388 e. The molecule has 1 unspecified atom stereocenters. The molecule has 2 aromatic carbocycles. The fourth-order valence-electron chi connectivity index (χ4n) is 1.86. The van der Waals surface area contributed by atoms with Gasteiger partial charge in [-0.05, 0) is 35.9 Å². The smallest absolute Gasteiger partial charge is 0.175 e. The van der Waals surface area contributed by atoms with Gasteiger partial charge in [0.2, 0.25) is 0 Å². The number of sulfone groups is 1. The largest absolute Gasteiger partial charge is 0.388 e. The lowest BCUT2D eigenvalue weighted by Crippen LogP contribution is -2.02. The van der Waals surface area contributed by atoms with E-state index in [1.165, 1.54) is 23.9 Å². The van der Waals surface area contributed by atoms with Crippen LogP contribution in [-0.4, -0.2) is 25.5 Å². The Morgan fingerprint density at radius 2 is 1.91 bits per heavy atom. The van der Waals surface area contributed by atoms with Crippen molar-refractivity contribution < 1.29 is 13.5 Å². The van der Waals surface area contributed by atoms with Crippen LogP contribution < -0.4 is 0 Å². The molecule has 0 amide bonds. The van der Waals surface area contributed by atoms with E-state index in [2.05, 4.69) is 6.07 Å². The number of hydrogen-bond donors (Lipinski definition) is 1. The van der Waals surface area contributed by atoms with Gasteiger partial charge in [0.25, 0.3) is 0 Å². The summed E-state index contributed by atoms with van der Waals surface area (Å²) >= 11 is 1.44. The highest BCUT2D eigenvalue weighted by Gasteiger charge is 2.11. The third-order valence-electron chi connectivity index (χ3n) is 3.06. The third-order valence-corrected chi connectivity index (χ3v) is 5.26. The lowest BCUT2D eigenvalue weighted by Gasteiger charge is -2.11. The maximum atomic E-state index is 11.4. The molecule has 4 nitrogen and oxygen atoms in total. The van der Waals surface area contributed by atoms with Gasteiger partial charge < -0.3 is 5.11 Å². The van der Waals surface area contributed by atoms with Crippen molar-refractivity contribution in [2.24, 2.45) is 0 Å². The molecule has 0 aliphatic heterocycles. The van der Waals surface area contributed by atoms with Gasteiger partial charge in [0.05, 0.1) is 22.6 Å². The Kier molecular flexibility index (Phi) is 5.24.